The quantitative estimate of drug-likeness (QED) is 0.696. The fourth-order valence-electron chi connectivity index (χ4n) is 1.84. The number of halogens is 2. The molecule has 0 spiro atoms. The van der Waals surface area contributed by atoms with Gasteiger partial charge in [0.15, 0.2) is 5.78 Å². The Bertz CT molecular complexity index is 698. The van der Waals surface area contributed by atoms with Crippen molar-refractivity contribution in [2.75, 3.05) is 5.32 Å². The van der Waals surface area contributed by atoms with Gasteiger partial charge in [-0.2, -0.15) is 0 Å². The lowest BCUT2D eigenvalue weighted by Gasteiger charge is -2.08. The molecule has 112 valence electrons. The number of aromatic nitrogens is 1. The number of carbonyl (C=O) groups is 2. The first-order valence-corrected chi connectivity index (χ1v) is 6.65. The minimum Gasteiger partial charge on any atom is -0.306 e. The minimum absolute atomic E-state index is 0.0782. The molecule has 0 aliphatic carbocycles. The second kappa shape index (κ2) is 6.47. The van der Waals surface area contributed by atoms with E-state index in [9.17, 15) is 18.4 Å². The number of carbonyl (C=O) groups excluding carboxylic acids is 2. The molecule has 0 aliphatic rings. The van der Waals surface area contributed by atoms with Gasteiger partial charge < -0.3 is 5.32 Å². The second-order valence-electron chi connectivity index (χ2n) is 5.00. The van der Waals surface area contributed by atoms with Gasteiger partial charge in [-0.05, 0) is 30.1 Å². The monoisotopic (exact) mass is 302 g/mol. The van der Waals surface area contributed by atoms with Crippen molar-refractivity contribution >= 4 is 25.4 Å². The van der Waals surface area contributed by atoms with Crippen LogP contribution >= 0.6 is 0 Å². The van der Waals surface area contributed by atoms with Gasteiger partial charge in [0.05, 0.1) is 0 Å². The molecule has 0 fully saturated rings. The lowest BCUT2D eigenvalue weighted by Crippen LogP contribution is -2.17. The maximum absolute atomic E-state index is 13.5. The van der Waals surface area contributed by atoms with E-state index in [0.717, 1.165) is 12.1 Å². The molecule has 0 aliphatic heterocycles. The van der Waals surface area contributed by atoms with Gasteiger partial charge in [0.1, 0.15) is 30.9 Å². The highest BCUT2D eigenvalue weighted by Gasteiger charge is 2.18. The number of benzene rings is 1. The van der Waals surface area contributed by atoms with Crippen LogP contribution in [0.5, 0.6) is 0 Å². The van der Waals surface area contributed by atoms with Crippen LogP contribution in [0.2, 0.25) is 5.82 Å². The number of nitrogens with one attached hydrogen (secondary N) is 1. The van der Waals surface area contributed by atoms with Crippen molar-refractivity contribution < 1.29 is 18.4 Å². The third-order valence-electron chi connectivity index (χ3n) is 3.00. The van der Waals surface area contributed by atoms with Gasteiger partial charge in [-0.15, -0.1) is 0 Å². The van der Waals surface area contributed by atoms with Crippen LogP contribution in [0.25, 0.3) is 0 Å². The van der Waals surface area contributed by atoms with E-state index in [4.69, 9.17) is 0 Å². The van der Waals surface area contributed by atoms with Crippen molar-refractivity contribution in [2.24, 2.45) is 0 Å². The topological polar surface area (TPSA) is 59.1 Å². The summed E-state index contributed by atoms with van der Waals surface area (Å²) >= 11 is 0. The molecule has 2 aromatic rings. The Morgan fingerprint density at radius 3 is 2.32 bits per heavy atom. The largest absolute Gasteiger partial charge is 0.306 e. The highest BCUT2D eigenvalue weighted by molar-refractivity contribution is 6.27. The van der Waals surface area contributed by atoms with Gasteiger partial charge in [-0.3, -0.25) is 9.59 Å². The number of pyridine rings is 1. The first kappa shape index (κ1) is 15.8. The van der Waals surface area contributed by atoms with Crippen LogP contribution in [-0.4, -0.2) is 24.5 Å². The van der Waals surface area contributed by atoms with Crippen molar-refractivity contribution in [1.82, 2.24) is 4.98 Å². The maximum atomic E-state index is 13.5. The number of amides is 1. The Balaban J connectivity index is 2.18. The zero-order valence-electron chi connectivity index (χ0n) is 12.1. The third-order valence-corrected chi connectivity index (χ3v) is 3.00. The molecule has 7 heteroatoms. The van der Waals surface area contributed by atoms with E-state index in [1.807, 2.05) is 0 Å². The van der Waals surface area contributed by atoms with Crippen molar-refractivity contribution in [3.63, 3.8) is 0 Å². The maximum Gasteiger partial charge on any atom is 0.262 e. The van der Waals surface area contributed by atoms with Crippen molar-refractivity contribution in [2.45, 2.75) is 12.7 Å². The molecule has 0 bridgehead atoms. The molecule has 1 atom stereocenters. The third kappa shape index (κ3) is 3.36. The summed E-state index contributed by atoms with van der Waals surface area (Å²) in [6.45, 7) is 1.76. The Morgan fingerprint density at radius 1 is 1.18 bits per heavy atom. The molecule has 4 nitrogen and oxygen atoms in total. The predicted octanol–water partition coefficient (Wildman–Crippen LogP) is 2.24. The minimum atomic E-state index is -0.955. The number of hydrogen-bond acceptors (Lipinski definition) is 3. The highest BCUT2D eigenvalue weighted by atomic mass is 19.1. The zero-order chi connectivity index (χ0) is 16.3. The SMILES string of the molecule is BC(C)C(=O)c1ccc(NC(=O)c2c(F)cccc2F)nc1. The molecule has 1 aromatic carbocycles. The molecule has 1 unspecified atom stereocenters. The van der Waals surface area contributed by atoms with E-state index in [1.54, 1.807) is 14.8 Å². The standard InChI is InChI=1S/C15H13BF2N2O2/c1-8(16)14(21)9-5-6-12(19-7-9)20-15(22)13-10(17)3-2-4-11(13)18/h2-8H,16H2,1H3,(H,19,20,22). The van der Waals surface area contributed by atoms with Crippen LogP contribution < -0.4 is 5.32 Å². The van der Waals surface area contributed by atoms with Gasteiger partial charge in [-0.1, -0.05) is 13.0 Å². The average molecular weight is 302 g/mol. The molecule has 2 rings (SSSR count). The van der Waals surface area contributed by atoms with Gasteiger partial charge in [0.2, 0.25) is 0 Å². The first-order chi connectivity index (χ1) is 10.4. The summed E-state index contributed by atoms with van der Waals surface area (Å²) in [5.41, 5.74) is -0.267. The molecular formula is C15H13BF2N2O2. The number of ketones is 1. The van der Waals surface area contributed by atoms with E-state index < -0.39 is 23.1 Å². The lowest BCUT2D eigenvalue weighted by molar-refractivity contribution is 0.0987. The number of nitrogens with zero attached hydrogens (tertiary/aromatic N) is 1. The summed E-state index contributed by atoms with van der Waals surface area (Å²) in [6.07, 6.45) is 1.32. The lowest BCUT2D eigenvalue weighted by atomic mass is 9.83. The molecule has 1 N–H and O–H groups in total. The Labute approximate surface area is 127 Å². The van der Waals surface area contributed by atoms with Crippen LogP contribution in [0.1, 0.15) is 27.6 Å². The average Bonchev–Trinajstić information content (AvgIpc) is 2.47. The Morgan fingerprint density at radius 2 is 1.82 bits per heavy atom. The first-order valence-electron chi connectivity index (χ1n) is 6.65. The number of rotatable bonds is 4. The molecule has 1 amide bonds. The smallest absolute Gasteiger partial charge is 0.262 e. The molecule has 0 radical (unpaired) electrons. The highest BCUT2D eigenvalue weighted by Crippen LogP contribution is 2.15. The molecule has 1 heterocycles. The fraction of sp³-hybridized carbons (Fsp3) is 0.133. The van der Waals surface area contributed by atoms with Crippen LogP contribution in [0.15, 0.2) is 36.5 Å². The summed E-state index contributed by atoms with van der Waals surface area (Å²) in [7, 11) is 1.76. The second-order valence-corrected chi connectivity index (χ2v) is 5.00. The zero-order valence-corrected chi connectivity index (χ0v) is 12.1. The summed E-state index contributed by atoms with van der Waals surface area (Å²) < 4.78 is 27.0. The molecule has 22 heavy (non-hydrogen) atoms. The van der Waals surface area contributed by atoms with Crippen molar-refractivity contribution in [3.05, 3.63) is 59.3 Å². The molecule has 0 saturated carbocycles. The van der Waals surface area contributed by atoms with Gasteiger partial charge in [-0.25, -0.2) is 13.8 Å². The summed E-state index contributed by atoms with van der Waals surface area (Å²) in [4.78, 5) is 27.6. The van der Waals surface area contributed by atoms with Crippen LogP contribution in [0, 0.1) is 11.6 Å². The van der Waals surface area contributed by atoms with E-state index >= 15 is 0 Å². The normalized spacial score (nSPS) is 11.8. The van der Waals surface area contributed by atoms with E-state index in [-0.39, 0.29) is 17.4 Å². The predicted molar refractivity (Wildman–Crippen MR) is 80.8 cm³/mol. The van der Waals surface area contributed by atoms with Crippen LogP contribution in [0.3, 0.4) is 0 Å². The van der Waals surface area contributed by atoms with E-state index in [1.165, 1.54) is 24.4 Å². The van der Waals surface area contributed by atoms with Gasteiger partial charge >= 0.3 is 0 Å². The van der Waals surface area contributed by atoms with E-state index in [0.29, 0.717) is 5.56 Å². The van der Waals surface area contributed by atoms with Gasteiger partial charge in [0, 0.05) is 11.8 Å². The Hall–Kier alpha value is -2.57. The summed E-state index contributed by atoms with van der Waals surface area (Å²) in [6, 6.07) is 6.08. The number of anilines is 1. The van der Waals surface area contributed by atoms with E-state index in [2.05, 4.69) is 10.3 Å². The fourth-order valence-corrected chi connectivity index (χ4v) is 1.84. The van der Waals surface area contributed by atoms with Crippen molar-refractivity contribution in [1.29, 1.82) is 0 Å². The molecule has 1 aromatic heterocycles. The summed E-state index contributed by atoms with van der Waals surface area (Å²) in [5, 5.41) is 2.29. The molecular weight excluding hydrogens is 289 g/mol. The van der Waals surface area contributed by atoms with Crippen LogP contribution in [-0.2, 0) is 0 Å². The van der Waals surface area contributed by atoms with Crippen LogP contribution in [0.4, 0.5) is 14.6 Å². The summed E-state index contributed by atoms with van der Waals surface area (Å²) in [5.74, 6) is -2.99. The Kier molecular flexibility index (Phi) is 4.65. The number of hydrogen-bond donors (Lipinski definition) is 1. The number of Topliss-reactive ketones (excluding diaryl/α,β-unsaturated/α-hetero) is 1. The van der Waals surface area contributed by atoms with Crippen molar-refractivity contribution in [3.8, 4) is 0 Å². The van der Waals surface area contributed by atoms with Gasteiger partial charge in [0.25, 0.3) is 5.91 Å². The molecule has 0 saturated heterocycles.